The predicted molar refractivity (Wildman–Crippen MR) is 75.1 cm³/mol. The first-order chi connectivity index (χ1) is 9.30. The molecule has 0 unspecified atom stereocenters. The molecule has 2 rings (SSSR count). The lowest BCUT2D eigenvalue weighted by molar-refractivity contribution is -0.174. The Bertz CT molecular complexity index is 401. The van der Waals surface area contributed by atoms with Gasteiger partial charge in [0.15, 0.2) is 5.78 Å². The van der Waals surface area contributed by atoms with Gasteiger partial charge in [-0.3, -0.25) is 9.59 Å². The Balaban J connectivity index is 2.30. The highest BCUT2D eigenvalue weighted by atomic mass is 16.5. The van der Waals surface area contributed by atoms with Crippen LogP contribution in [0.2, 0.25) is 0 Å². The molecule has 0 aromatic rings. The SMILES string of the molecule is COC(=O)[C@@H]1C(=O)C[C@@]2(CC(C)C)O[C@@H]1C[C@@H]2C(C)C. The number of methoxy groups -OCH3 is 1. The zero-order valence-corrected chi connectivity index (χ0v) is 13.1. The number of carbonyl (C=O) groups excluding carboxylic acids is 2. The van der Waals surface area contributed by atoms with Gasteiger partial charge in [-0.15, -0.1) is 0 Å². The molecule has 4 heteroatoms. The highest BCUT2D eigenvalue weighted by Gasteiger charge is 2.59. The summed E-state index contributed by atoms with van der Waals surface area (Å²) < 4.78 is 11.0. The van der Waals surface area contributed by atoms with E-state index in [-0.39, 0.29) is 17.5 Å². The predicted octanol–water partition coefficient (Wildman–Crippen LogP) is 2.59. The van der Waals surface area contributed by atoms with Gasteiger partial charge in [-0.25, -0.2) is 0 Å². The summed E-state index contributed by atoms with van der Waals surface area (Å²) in [5.74, 6) is 0.0948. The molecule has 2 bridgehead atoms. The van der Waals surface area contributed by atoms with Crippen molar-refractivity contribution in [2.75, 3.05) is 7.11 Å². The average Bonchev–Trinajstić information content (AvgIpc) is 2.61. The molecule has 20 heavy (non-hydrogen) atoms. The fourth-order valence-electron chi connectivity index (χ4n) is 4.14. The fourth-order valence-corrected chi connectivity index (χ4v) is 4.14. The quantitative estimate of drug-likeness (QED) is 0.587. The molecule has 2 fully saturated rings. The molecule has 4 atom stereocenters. The Labute approximate surface area is 121 Å². The van der Waals surface area contributed by atoms with Crippen LogP contribution in [0.3, 0.4) is 0 Å². The number of hydrogen-bond donors (Lipinski definition) is 0. The van der Waals surface area contributed by atoms with Gasteiger partial charge in [0.2, 0.25) is 0 Å². The normalized spacial score (nSPS) is 36.8. The average molecular weight is 282 g/mol. The molecule has 0 spiro atoms. The maximum absolute atomic E-state index is 12.4. The van der Waals surface area contributed by atoms with Crippen molar-refractivity contribution in [2.24, 2.45) is 23.7 Å². The Morgan fingerprint density at radius 2 is 2.05 bits per heavy atom. The van der Waals surface area contributed by atoms with Crippen LogP contribution in [0.25, 0.3) is 0 Å². The van der Waals surface area contributed by atoms with Crippen LogP contribution in [0, 0.1) is 23.7 Å². The second-order valence-corrected chi connectivity index (χ2v) is 7.05. The van der Waals surface area contributed by atoms with E-state index in [1.807, 2.05) is 0 Å². The third-order valence-electron chi connectivity index (χ3n) is 4.75. The van der Waals surface area contributed by atoms with Crippen LogP contribution in [-0.4, -0.2) is 30.6 Å². The Kier molecular flexibility index (Phi) is 4.24. The lowest BCUT2D eigenvalue weighted by atomic mass is 9.73. The van der Waals surface area contributed by atoms with Crippen LogP contribution < -0.4 is 0 Å². The van der Waals surface area contributed by atoms with Gasteiger partial charge in [-0.1, -0.05) is 27.7 Å². The van der Waals surface area contributed by atoms with Crippen molar-refractivity contribution in [3.63, 3.8) is 0 Å². The molecular weight excluding hydrogens is 256 g/mol. The van der Waals surface area contributed by atoms with E-state index in [0.717, 1.165) is 12.8 Å². The third-order valence-corrected chi connectivity index (χ3v) is 4.75. The summed E-state index contributed by atoms with van der Waals surface area (Å²) in [4.78, 5) is 24.3. The van der Waals surface area contributed by atoms with Crippen LogP contribution in [0.4, 0.5) is 0 Å². The number of ether oxygens (including phenoxy) is 2. The number of Topliss-reactive ketones (excluding diaryl/α,β-unsaturated/α-hetero) is 1. The van der Waals surface area contributed by atoms with Crippen molar-refractivity contribution in [1.29, 1.82) is 0 Å². The first kappa shape index (κ1) is 15.5. The molecule has 4 nitrogen and oxygen atoms in total. The van der Waals surface area contributed by atoms with E-state index < -0.39 is 11.9 Å². The van der Waals surface area contributed by atoms with E-state index in [4.69, 9.17) is 9.47 Å². The molecule has 2 saturated heterocycles. The topological polar surface area (TPSA) is 52.6 Å². The van der Waals surface area contributed by atoms with Crippen molar-refractivity contribution >= 4 is 11.8 Å². The minimum absolute atomic E-state index is 0.00287. The number of carbonyl (C=O) groups is 2. The van der Waals surface area contributed by atoms with Crippen LogP contribution in [0.1, 0.15) is 47.0 Å². The van der Waals surface area contributed by atoms with E-state index in [9.17, 15) is 9.59 Å². The highest BCUT2D eigenvalue weighted by molar-refractivity contribution is 6.01. The van der Waals surface area contributed by atoms with Gasteiger partial charge < -0.3 is 9.47 Å². The van der Waals surface area contributed by atoms with Gasteiger partial charge in [0.25, 0.3) is 0 Å². The summed E-state index contributed by atoms with van der Waals surface area (Å²) in [6.45, 7) is 8.66. The molecule has 114 valence electrons. The van der Waals surface area contributed by atoms with Crippen LogP contribution in [0.15, 0.2) is 0 Å². The molecule has 0 amide bonds. The van der Waals surface area contributed by atoms with Crippen molar-refractivity contribution in [1.82, 2.24) is 0 Å². The van der Waals surface area contributed by atoms with Crippen molar-refractivity contribution in [2.45, 2.75) is 58.7 Å². The maximum atomic E-state index is 12.4. The second kappa shape index (κ2) is 5.47. The zero-order valence-electron chi connectivity index (χ0n) is 13.1. The zero-order chi connectivity index (χ0) is 15.1. The van der Waals surface area contributed by atoms with E-state index in [0.29, 0.717) is 24.2 Å². The number of ketones is 1. The highest BCUT2D eigenvalue weighted by Crippen LogP contribution is 2.52. The van der Waals surface area contributed by atoms with Gasteiger partial charge in [0.05, 0.1) is 18.8 Å². The number of fused-ring (bicyclic) bond motifs is 2. The first-order valence-corrected chi connectivity index (χ1v) is 7.59. The van der Waals surface area contributed by atoms with E-state index >= 15 is 0 Å². The molecule has 0 aliphatic carbocycles. The van der Waals surface area contributed by atoms with E-state index in [1.165, 1.54) is 7.11 Å². The Hall–Kier alpha value is -0.900. The van der Waals surface area contributed by atoms with Crippen molar-refractivity contribution < 1.29 is 19.1 Å². The van der Waals surface area contributed by atoms with Gasteiger partial charge in [-0.05, 0) is 30.6 Å². The standard InChI is InChI=1S/C16H26O4/c1-9(2)7-16-8-12(17)14(15(18)19-5)13(20-16)6-11(16)10(3)4/h9-11,13-14H,6-8H2,1-5H3/t11-,13-,14-,16-/m1/s1. The van der Waals surface area contributed by atoms with Gasteiger partial charge in [-0.2, -0.15) is 0 Å². The number of rotatable bonds is 4. The second-order valence-electron chi connectivity index (χ2n) is 7.05. The van der Waals surface area contributed by atoms with Crippen molar-refractivity contribution in [3.05, 3.63) is 0 Å². The van der Waals surface area contributed by atoms with Gasteiger partial charge in [0.1, 0.15) is 5.92 Å². The first-order valence-electron chi connectivity index (χ1n) is 7.59. The molecule has 0 radical (unpaired) electrons. The lowest BCUT2D eigenvalue weighted by Crippen LogP contribution is -2.49. The number of esters is 1. The minimum atomic E-state index is -0.718. The lowest BCUT2D eigenvalue weighted by Gasteiger charge is -2.41. The van der Waals surface area contributed by atoms with E-state index in [1.54, 1.807) is 0 Å². The van der Waals surface area contributed by atoms with Crippen molar-refractivity contribution in [3.8, 4) is 0 Å². The fraction of sp³-hybridized carbons (Fsp3) is 0.875. The summed E-state index contributed by atoms with van der Waals surface area (Å²) in [6.07, 6.45) is 1.72. The molecule has 2 aliphatic heterocycles. The summed E-state index contributed by atoms with van der Waals surface area (Å²) >= 11 is 0. The summed E-state index contributed by atoms with van der Waals surface area (Å²) in [5.41, 5.74) is -0.366. The minimum Gasteiger partial charge on any atom is -0.468 e. The van der Waals surface area contributed by atoms with Crippen LogP contribution in [0.5, 0.6) is 0 Å². The summed E-state index contributed by atoms with van der Waals surface area (Å²) in [7, 11) is 1.33. The maximum Gasteiger partial charge on any atom is 0.318 e. The van der Waals surface area contributed by atoms with Gasteiger partial charge >= 0.3 is 5.97 Å². The molecule has 0 aromatic heterocycles. The molecular formula is C16H26O4. The largest absolute Gasteiger partial charge is 0.468 e. The molecule has 2 aliphatic rings. The monoisotopic (exact) mass is 282 g/mol. The van der Waals surface area contributed by atoms with Gasteiger partial charge in [0, 0.05) is 6.42 Å². The molecule has 2 heterocycles. The molecule has 0 saturated carbocycles. The smallest absolute Gasteiger partial charge is 0.318 e. The Morgan fingerprint density at radius 1 is 1.40 bits per heavy atom. The van der Waals surface area contributed by atoms with Crippen LogP contribution >= 0.6 is 0 Å². The number of hydrogen-bond acceptors (Lipinski definition) is 4. The van der Waals surface area contributed by atoms with E-state index in [2.05, 4.69) is 27.7 Å². The molecule has 0 aromatic carbocycles. The Morgan fingerprint density at radius 3 is 2.55 bits per heavy atom. The van der Waals surface area contributed by atoms with Crippen LogP contribution in [-0.2, 0) is 19.1 Å². The summed E-state index contributed by atoms with van der Waals surface area (Å²) in [6, 6.07) is 0. The molecule has 0 N–H and O–H groups in total. The third kappa shape index (κ3) is 2.50. The summed E-state index contributed by atoms with van der Waals surface area (Å²) in [5, 5.41) is 0.